The number of esters is 1. The average Bonchev–Trinajstić information content (AvgIpc) is 2.25. The van der Waals surface area contributed by atoms with Crippen LogP contribution in [0.5, 0.6) is 0 Å². The summed E-state index contributed by atoms with van der Waals surface area (Å²) in [4.78, 5) is 22.8. The van der Waals surface area contributed by atoms with E-state index in [9.17, 15) is 9.59 Å². The van der Waals surface area contributed by atoms with Gasteiger partial charge in [0.2, 0.25) is 5.91 Å². The van der Waals surface area contributed by atoms with Crippen LogP contribution in [0.15, 0.2) is 24.3 Å². The Kier molecular flexibility index (Phi) is 4.95. The topological polar surface area (TPSA) is 55.4 Å². The lowest BCUT2D eigenvalue weighted by Gasteiger charge is -2.21. The minimum Gasteiger partial charge on any atom is -0.459 e. The molecule has 1 rings (SSSR count). The summed E-state index contributed by atoms with van der Waals surface area (Å²) in [6.45, 7) is 6.76. The highest BCUT2D eigenvalue weighted by molar-refractivity contribution is 6.30. The van der Waals surface area contributed by atoms with Crippen LogP contribution < -0.4 is 5.32 Å². The molecule has 1 aromatic carbocycles. The van der Waals surface area contributed by atoms with Crippen molar-refractivity contribution >= 4 is 29.2 Å². The van der Waals surface area contributed by atoms with Gasteiger partial charge in [0.1, 0.15) is 5.60 Å². The molecule has 0 saturated heterocycles. The molecular weight excluding hydrogens is 266 g/mol. The molecule has 0 aliphatic carbocycles. The number of hydrogen-bond donors (Lipinski definition) is 1. The molecule has 0 aromatic heterocycles. The highest BCUT2D eigenvalue weighted by Gasteiger charge is 2.24. The van der Waals surface area contributed by atoms with E-state index in [-0.39, 0.29) is 5.91 Å². The first kappa shape index (κ1) is 15.5. The van der Waals surface area contributed by atoms with Gasteiger partial charge < -0.3 is 10.1 Å². The van der Waals surface area contributed by atoms with Crippen LogP contribution in [-0.4, -0.2) is 17.5 Å². The first-order valence-electron chi connectivity index (χ1n) is 5.93. The smallest absolute Gasteiger partial charge is 0.329 e. The Bertz CT molecular complexity index is 480. The Balaban J connectivity index is 2.84. The van der Waals surface area contributed by atoms with Gasteiger partial charge in [-0.1, -0.05) is 12.1 Å². The number of nitrogens with one attached hydrogen (secondary N) is 1. The summed E-state index contributed by atoms with van der Waals surface area (Å²) < 4.78 is 5.22. The highest BCUT2D eigenvalue weighted by atomic mass is 35.5. The molecule has 1 amide bonds. The molecule has 4 nitrogen and oxygen atoms in total. The molecule has 0 saturated carbocycles. The molecule has 0 fully saturated rings. The summed E-state index contributed by atoms with van der Waals surface area (Å²) in [5.74, 6) is -0.685. The van der Waals surface area contributed by atoms with Crippen LogP contribution in [0.1, 0.15) is 38.6 Å². The molecule has 5 heteroatoms. The Morgan fingerprint density at radius 2 is 1.95 bits per heavy atom. The van der Waals surface area contributed by atoms with E-state index in [1.54, 1.807) is 45.0 Å². The van der Waals surface area contributed by atoms with Gasteiger partial charge >= 0.3 is 5.97 Å². The van der Waals surface area contributed by atoms with E-state index >= 15 is 0 Å². The third-order valence-electron chi connectivity index (χ3n) is 2.11. The van der Waals surface area contributed by atoms with Crippen LogP contribution in [0, 0.1) is 0 Å². The number of halogens is 1. The third kappa shape index (κ3) is 5.30. The van der Waals surface area contributed by atoms with Crippen molar-refractivity contribution in [3.05, 3.63) is 29.8 Å². The average molecular weight is 284 g/mol. The zero-order chi connectivity index (χ0) is 14.6. The Hall–Kier alpha value is -1.55. The number of hydrogen-bond acceptors (Lipinski definition) is 3. The first-order chi connectivity index (χ1) is 8.69. The summed E-state index contributed by atoms with van der Waals surface area (Å²) in [7, 11) is 0. The van der Waals surface area contributed by atoms with Crippen molar-refractivity contribution < 1.29 is 14.3 Å². The van der Waals surface area contributed by atoms with Crippen molar-refractivity contribution in [2.24, 2.45) is 0 Å². The number of benzene rings is 1. The predicted molar refractivity (Wildman–Crippen MR) is 75.2 cm³/mol. The highest BCUT2D eigenvalue weighted by Crippen LogP contribution is 2.26. The third-order valence-corrected chi connectivity index (χ3v) is 2.54. The number of anilines is 1. The lowest BCUT2D eigenvalue weighted by atomic mass is 10.1. The van der Waals surface area contributed by atoms with Crippen molar-refractivity contribution in [1.29, 1.82) is 0 Å². The number of amides is 1. The second-order valence-corrected chi connectivity index (χ2v) is 5.64. The standard InChI is InChI=1S/C14H18ClNO3/c1-9(17)16-11-7-5-6-10(8-11)12(15)13(18)19-14(2,3)4/h5-8,12H,1-4H3,(H,16,17). The summed E-state index contributed by atoms with van der Waals surface area (Å²) in [6, 6.07) is 6.82. The Morgan fingerprint density at radius 1 is 1.32 bits per heavy atom. The maximum Gasteiger partial charge on any atom is 0.329 e. The zero-order valence-electron chi connectivity index (χ0n) is 11.5. The van der Waals surface area contributed by atoms with Crippen molar-refractivity contribution in [3.8, 4) is 0 Å². The molecule has 0 radical (unpaired) electrons. The van der Waals surface area contributed by atoms with Gasteiger partial charge in [0.15, 0.2) is 5.38 Å². The quantitative estimate of drug-likeness (QED) is 0.684. The van der Waals surface area contributed by atoms with Crippen molar-refractivity contribution in [2.45, 2.75) is 38.7 Å². The Labute approximate surface area is 118 Å². The lowest BCUT2D eigenvalue weighted by Crippen LogP contribution is -2.26. The molecule has 1 aromatic rings. The van der Waals surface area contributed by atoms with Gasteiger partial charge in [0, 0.05) is 12.6 Å². The van der Waals surface area contributed by atoms with E-state index in [4.69, 9.17) is 16.3 Å². The van der Waals surface area contributed by atoms with Crippen molar-refractivity contribution in [1.82, 2.24) is 0 Å². The maximum atomic E-state index is 11.9. The fourth-order valence-corrected chi connectivity index (χ4v) is 1.65. The summed E-state index contributed by atoms with van der Waals surface area (Å²) in [5, 5.41) is 1.74. The summed E-state index contributed by atoms with van der Waals surface area (Å²) in [6.07, 6.45) is 0. The monoisotopic (exact) mass is 283 g/mol. The molecule has 104 valence electrons. The van der Waals surface area contributed by atoms with Crippen molar-refractivity contribution in [3.63, 3.8) is 0 Å². The van der Waals surface area contributed by atoms with Gasteiger partial charge in [-0.05, 0) is 38.5 Å². The van der Waals surface area contributed by atoms with Gasteiger partial charge in [-0.15, -0.1) is 11.6 Å². The Morgan fingerprint density at radius 3 is 2.47 bits per heavy atom. The summed E-state index contributed by atoms with van der Waals surface area (Å²) in [5.41, 5.74) is 0.598. The molecule has 1 atom stereocenters. The fourth-order valence-electron chi connectivity index (χ4n) is 1.47. The van der Waals surface area contributed by atoms with Crippen LogP contribution in [-0.2, 0) is 14.3 Å². The molecule has 0 heterocycles. The molecule has 1 unspecified atom stereocenters. The normalized spacial score (nSPS) is 12.7. The second kappa shape index (κ2) is 6.06. The summed E-state index contributed by atoms with van der Waals surface area (Å²) >= 11 is 6.08. The predicted octanol–water partition coefficient (Wildman–Crippen LogP) is 3.27. The SMILES string of the molecule is CC(=O)Nc1cccc(C(Cl)C(=O)OC(C)(C)C)c1. The molecule has 0 spiro atoms. The van der Waals surface area contributed by atoms with Crippen LogP contribution in [0.3, 0.4) is 0 Å². The number of ether oxygens (including phenoxy) is 1. The van der Waals surface area contributed by atoms with E-state index in [0.29, 0.717) is 11.3 Å². The largest absolute Gasteiger partial charge is 0.459 e. The molecule has 0 aliphatic rings. The van der Waals surface area contributed by atoms with Gasteiger partial charge in [-0.2, -0.15) is 0 Å². The number of rotatable bonds is 3. The number of carbonyl (C=O) groups is 2. The van der Waals surface area contributed by atoms with E-state index in [1.165, 1.54) is 6.92 Å². The second-order valence-electron chi connectivity index (χ2n) is 5.20. The number of alkyl halides is 1. The van der Waals surface area contributed by atoms with Crippen LogP contribution >= 0.6 is 11.6 Å². The van der Waals surface area contributed by atoms with Crippen LogP contribution in [0.2, 0.25) is 0 Å². The molecular formula is C14H18ClNO3. The molecule has 0 aliphatic heterocycles. The van der Waals surface area contributed by atoms with E-state index < -0.39 is 16.9 Å². The zero-order valence-corrected chi connectivity index (χ0v) is 12.2. The van der Waals surface area contributed by atoms with Crippen molar-refractivity contribution in [2.75, 3.05) is 5.32 Å². The molecule has 19 heavy (non-hydrogen) atoms. The van der Waals surface area contributed by atoms with E-state index in [1.807, 2.05) is 0 Å². The van der Waals surface area contributed by atoms with Gasteiger partial charge in [0.05, 0.1) is 0 Å². The van der Waals surface area contributed by atoms with E-state index in [2.05, 4.69) is 5.32 Å². The van der Waals surface area contributed by atoms with Gasteiger partial charge in [-0.25, -0.2) is 0 Å². The van der Waals surface area contributed by atoms with Crippen LogP contribution in [0.4, 0.5) is 5.69 Å². The minimum atomic E-state index is -0.895. The van der Waals surface area contributed by atoms with Crippen LogP contribution in [0.25, 0.3) is 0 Å². The van der Waals surface area contributed by atoms with Gasteiger partial charge in [0.25, 0.3) is 0 Å². The maximum absolute atomic E-state index is 11.9. The van der Waals surface area contributed by atoms with E-state index in [0.717, 1.165) is 0 Å². The number of carbonyl (C=O) groups excluding carboxylic acids is 2. The minimum absolute atomic E-state index is 0.180. The first-order valence-corrected chi connectivity index (χ1v) is 6.37. The molecule has 1 N–H and O–H groups in total. The van der Waals surface area contributed by atoms with Gasteiger partial charge in [-0.3, -0.25) is 9.59 Å². The fraction of sp³-hybridized carbons (Fsp3) is 0.429. The lowest BCUT2D eigenvalue weighted by molar-refractivity contribution is -0.154. The molecule has 0 bridgehead atoms.